The van der Waals surface area contributed by atoms with Crippen molar-refractivity contribution in [2.75, 3.05) is 0 Å². The Balaban J connectivity index is 1.36. The van der Waals surface area contributed by atoms with E-state index in [-0.39, 0.29) is 28.8 Å². The van der Waals surface area contributed by atoms with Gasteiger partial charge in [-0.1, -0.05) is 55.3 Å². The number of Topliss-reactive ketones (excluding diaryl/α,β-unsaturated/α-hetero) is 1. The average Bonchev–Trinajstić information content (AvgIpc) is 3.12. The molecule has 0 bridgehead atoms. The number of fused-ring (bicyclic) bond motifs is 5. The van der Waals surface area contributed by atoms with Crippen molar-refractivity contribution in [2.24, 2.45) is 28.6 Å². The minimum atomic E-state index is -0.212. The molecule has 0 saturated heterocycles. The van der Waals surface area contributed by atoms with Crippen LogP contribution < -0.4 is 0 Å². The molecule has 0 spiro atoms. The van der Waals surface area contributed by atoms with Gasteiger partial charge < -0.3 is 4.74 Å². The molecule has 6 atom stereocenters. The van der Waals surface area contributed by atoms with Crippen LogP contribution in [0.5, 0.6) is 0 Å². The molecule has 3 saturated carbocycles. The second-order valence-corrected chi connectivity index (χ2v) is 10.8. The Hall–Kier alpha value is -2.16. The highest BCUT2D eigenvalue weighted by Crippen LogP contribution is 2.65. The van der Waals surface area contributed by atoms with Crippen molar-refractivity contribution in [2.45, 2.75) is 71.8 Å². The summed E-state index contributed by atoms with van der Waals surface area (Å²) in [6.45, 7) is 6.60. The second kappa shape index (κ2) is 7.46. The van der Waals surface area contributed by atoms with Gasteiger partial charge in [0, 0.05) is 12.3 Å². The maximum absolute atomic E-state index is 12.5. The quantitative estimate of drug-likeness (QED) is 0.541. The highest BCUT2D eigenvalue weighted by atomic mass is 16.5. The second-order valence-electron chi connectivity index (χ2n) is 10.8. The largest absolute Gasteiger partial charge is 0.458 e. The lowest BCUT2D eigenvalue weighted by atomic mass is 9.50. The van der Waals surface area contributed by atoms with Gasteiger partial charge in [0.05, 0.1) is 5.56 Å². The third-order valence-electron chi connectivity index (χ3n) is 9.30. The van der Waals surface area contributed by atoms with Gasteiger partial charge in [0.15, 0.2) is 0 Å². The third-order valence-corrected chi connectivity index (χ3v) is 9.30. The fourth-order valence-electron chi connectivity index (χ4n) is 7.53. The molecule has 0 heterocycles. The lowest BCUT2D eigenvalue weighted by molar-refractivity contribution is -0.124. The third kappa shape index (κ3) is 3.23. The number of allylic oxidation sites excluding steroid dienone is 3. The first kappa shape index (κ1) is 20.7. The van der Waals surface area contributed by atoms with Crippen molar-refractivity contribution < 1.29 is 14.3 Å². The van der Waals surface area contributed by atoms with E-state index in [1.54, 1.807) is 12.5 Å². The van der Waals surface area contributed by atoms with Crippen LogP contribution in [0.2, 0.25) is 0 Å². The molecule has 1 aromatic carbocycles. The summed E-state index contributed by atoms with van der Waals surface area (Å²) in [4.78, 5) is 24.9. The van der Waals surface area contributed by atoms with Gasteiger partial charge in [-0.15, -0.1) is 0 Å². The first-order valence-electron chi connectivity index (χ1n) is 12.0. The Morgan fingerprint density at radius 2 is 1.71 bits per heavy atom. The Morgan fingerprint density at radius 1 is 0.935 bits per heavy atom. The fraction of sp³-hybridized carbons (Fsp3) is 0.571. The fourth-order valence-corrected chi connectivity index (χ4v) is 7.53. The van der Waals surface area contributed by atoms with Gasteiger partial charge in [-0.05, 0) is 80.2 Å². The zero-order valence-electron chi connectivity index (χ0n) is 19.0. The predicted molar refractivity (Wildman–Crippen MR) is 121 cm³/mol. The number of esters is 1. The van der Waals surface area contributed by atoms with Crippen molar-refractivity contribution in [1.82, 2.24) is 0 Å². The predicted octanol–water partition coefficient (Wildman–Crippen LogP) is 6.30. The van der Waals surface area contributed by atoms with Crippen molar-refractivity contribution in [1.29, 1.82) is 0 Å². The molecule has 5 rings (SSSR count). The summed E-state index contributed by atoms with van der Waals surface area (Å²) < 4.78 is 5.90. The molecule has 3 heteroatoms. The maximum Gasteiger partial charge on any atom is 0.338 e. The SMILES string of the molecule is CC(=O)[C@H]1CC[C@H]2C3=CC=C4CC(OC(=O)c5ccccc5)CC[C@]4(C)[C@H]3CC[C@]12C. The van der Waals surface area contributed by atoms with E-state index < -0.39 is 0 Å². The molecule has 0 radical (unpaired) electrons. The molecule has 1 unspecified atom stereocenters. The Morgan fingerprint density at radius 3 is 2.45 bits per heavy atom. The molecule has 31 heavy (non-hydrogen) atoms. The number of benzene rings is 1. The standard InChI is InChI=1S/C28H34O3/c1-18(29)23-11-12-24-22-10-9-20-17-21(31-26(30)19-7-5-4-6-8-19)13-15-27(20,2)25(22)14-16-28(23,24)3/h4-10,21,23-25H,11-17H2,1-3H3/t21?,23-,24+,25+,27+,28-/m1/s1. The minimum Gasteiger partial charge on any atom is -0.458 e. The highest BCUT2D eigenvalue weighted by molar-refractivity contribution is 5.89. The van der Waals surface area contributed by atoms with Crippen LogP contribution in [0.15, 0.2) is 53.6 Å². The highest BCUT2D eigenvalue weighted by Gasteiger charge is 2.57. The lowest BCUT2D eigenvalue weighted by Crippen LogP contribution is -2.47. The number of carbonyl (C=O) groups is 2. The maximum atomic E-state index is 12.5. The van der Waals surface area contributed by atoms with Crippen LogP contribution in [-0.2, 0) is 9.53 Å². The number of carbonyl (C=O) groups excluding carboxylic acids is 2. The van der Waals surface area contributed by atoms with E-state index in [2.05, 4.69) is 26.0 Å². The number of ether oxygens (including phenoxy) is 1. The van der Waals surface area contributed by atoms with E-state index in [1.165, 1.54) is 12.0 Å². The molecule has 3 nitrogen and oxygen atoms in total. The lowest BCUT2D eigenvalue weighted by Gasteiger charge is -2.54. The Labute approximate surface area is 185 Å². The van der Waals surface area contributed by atoms with Crippen LogP contribution >= 0.6 is 0 Å². The van der Waals surface area contributed by atoms with Gasteiger partial charge >= 0.3 is 5.97 Å². The van der Waals surface area contributed by atoms with E-state index in [4.69, 9.17) is 4.74 Å². The molecule has 4 aliphatic carbocycles. The molecular weight excluding hydrogens is 384 g/mol. The topological polar surface area (TPSA) is 43.4 Å². The molecule has 164 valence electrons. The van der Waals surface area contributed by atoms with E-state index in [1.807, 2.05) is 30.3 Å². The first-order valence-corrected chi connectivity index (χ1v) is 12.0. The van der Waals surface area contributed by atoms with E-state index in [9.17, 15) is 9.59 Å². The molecular formula is C28H34O3. The van der Waals surface area contributed by atoms with Gasteiger partial charge in [-0.3, -0.25) is 4.79 Å². The minimum absolute atomic E-state index is 0.0376. The zero-order chi connectivity index (χ0) is 21.8. The van der Waals surface area contributed by atoms with Crippen molar-refractivity contribution in [3.63, 3.8) is 0 Å². The van der Waals surface area contributed by atoms with E-state index in [0.717, 1.165) is 38.5 Å². The number of rotatable bonds is 3. The summed E-state index contributed by atoms with van der Waals surface area (Å²) in [5.74, 6) is 1.51. The van der Waals surface area contributed by atoms with Gasteiger partial charge in [0.25, 0.3) is 0 Å². The molecule has 4 aliphatic rings. The molecule has 0 amide bonds. The van der Waals surface area contributed by atoms with E-state index >= 15 is 0 Å². The smallest absolute Gasteiger partial charge is 0.338 e. The van der Waals surface area contributed by atoms with Gasteiger partial charge in [0.2, 0.25) is 0 Å². The van der Waals surface area contributed by atoms with Crippen LogP contribution in [0, 0.1) is 28.6 Å². The summed E-state index contributed by atoms with van der Waals surface area (Å²) in [5.41, 5.74) is 3.98. The van der Waals surface area contributed by atoms with Gasteiger partial charge in [-0.2, -0.15) is 0 Å². The monoisotopic (exact) mass is 418 g/mol. The van der Waals surface area contributed by atoms with Crippen LogP contribution in [-0.4, -0.2) is 17.9 Å². The average molecular weight is 419 g/mol. The molecule has 0 aliphatic heterocycles. The van der Waals surface area contributed by atoms with Crippen LogP contribution in [0.25, 0.3) is 0 Å². The van der Waals surface area contributed by atoms with Crippen LogP contribution in [0.1, 0.15) is 76.1 Å². The van der Waals surface area contributed by atoms with Gasteiger partial charge in [-0.25, -0.2) is 4.79 Å². The van der Waals surface area contributed by atoms with Crippen LogP contribution in [0.4, 0.5) is 0 Å². The molecule has 0 N–H and O–H groups in total. The van der Waals surface area contributed by atoms with Crippen LogP contribution in [0.3, 0.4) is 0 Å². The Kier molecular flexibility index (Phi) is 4.99. The molecule has 1 aromatic rings. The first-order chi connectivity index (χ1) is 14.8. The van der Waals surface area contributed by atoms with Crippen molar-refractivity contribution in [3.05, 3.63) is 59.2 Å². The Bertz CT molecular complexity index is 958. The van der Waals surface area contributed by atoms with Crippen molar-refractivity contribution >= 4 is 11.8 Å². The number of hydrogen-bond donors (Lipinski definition) is 0. The summed E-state index contributed by atoms with van der Waals surface area (Å²) in [7, 11) is 0. The van der Waals surface area contributed by atoms with E-state index in [0.29, 0.717) is 23.2 Å². The van der Waals surface area contributed by atoms with Gasteiger partial charge in [0.1, 0.15) is 11.9 Å². The summed E-state index contributed by atoms with van der Waals surface area (Å²) in [5, 5.41) is 0. The zero-order valence-corrected chi connectivity index (χ0v) is 19.0. The number of ketones is 1. The summed E-state index contributed by atoms with van der Waals surface area (Å²) >= 11 is 0. The normalized spacial score (nSPS) is 38.8. The summed E-state index contributed by atoms with van der Waals surface area (Å²) in [6, 6.07) is 9.30. The molecule has 0 aromatic heterocycles. The number of hydrogen-bond acceptors (Lipinski definition) is 3. The molecule has 3 fully saturated rings. The van der Waals surface area contributed by atoms with Crippen molar-refractivity contribution in [3.8, 4) is 0 Å². The summed E-state index contributed by atoms with van der Waals surface area (Å²) in [6.07, 6.45) is 12.0.